The van der Waals surface area contributed by atoms with Gasteiger partial charge >= 0.3 is 0 Å². The molecule has 0 aliphatic carbocycles. The average molecular weight is 319 g/mol. The Hall–Kier alpha value is -1.85. The summed E-state index contributed by atoms with van der Waals surface area (Å²) in [5.74, 6) is 0.638. The number of hydrogen-bond donors (Lipinski definition) is 2. The maximum absolute atomic E-state index is 12.5. The topological polar surface area (TPSA) is 71.7 Å². The fraction of sp³-hybridized carbons (Fsp3) is 0.500. The number of nitrogens with one attached hydrogen (secondary N) is 1. The van der Waals surface area contributed by atoms with Crippen molar-refractivity contribution in [2.75, 3.05) is 26.4 Å². The van der Waals surface area contributed by atoms with Gasteiger partial charge in [0.15, 0.2) is 0 Å². The third-order valence-electron chi connectivity index (χ3n) is 3.63. The second-order valence-electron chi connectivity index (χ2n) is 5.45. The summed E-state index contributed by atoms with van der Waals surface area (Å²) in [6.45, 7) is 3.62. The number of benzene rings is 1. The third-order valence-corrected chi connectivity index (χ3v) is 3.63. The molecule has 1 heterocycles. The zero-order chi connectivity index (χ0) is 16.5. The van der Waals surface area contributed by atoms with Gasteiger partial charge in [0, 0.05) is 31.6 Å². The highest BCUT2D eigenvalue weighted by atomic mass is 16.5. The smallest absolute Gasteiger partial charge is 0.255 e. The Morgan fingerprint density at radius 3 is 2.87 bits per heavy atom. The number of hydrogen-bond acceptors (Lipinski definition) is 4. The Kier molecular flexibility index (Phi) is 7.10. The molecule has 1 amide bonds. The molecule has 0 saturated heterocycles. The van der Waals surface area contributed by atoms with Gasteiger partial charge in [-0.3, -0.25) is 4.79 Å². The predicted molar refractivity (Wildman–Crippen MR) is 89.7 cm³/mol. The molecule has 0 unspecified atom stereocenters. The van der Waals surface area contributed by atoms with E-state index in [-0.39, 0.29) is 12.5 Å². The summed E-state index contributed by atoms with van der Waals surface area (Å²) < 4.78 is 11.2. The molecule has 23 heavy (non-hydrogen) atoms. The van der Waals surface area contributed by atoms with Crippen molar-refractivity contribution in [3.63, 3.8) is 0 Å². The monoisotopic (exact) mass is 319 g/mol. The number of fused-ring (bicyclic) bond motifs is 1. The van der Waals surface area contributed by atoms with E-state index in [4.69, 9.17) is 14.3 Å². The van der Waals surface area contributed by atoms with Crippen molar-refractivity contribution < 1.29 is 19.1 Å². The lowest BCUT2D eigenvalue weighted by Gasteiger charge is -2.07. The van der Waals surface area contributed by atoms with Crippen LogP contribution in [0.1, 0.15) is 42.3 Å². The summed E-state index contributed by atoms with van der Waals surface area (Å²) in [5, 5.41) is 12.4. The number of furan rings is 1. The number of aliphatic hydroxyl groups is 1. The van der Waals surface area contributed by atoms with Gasteiger partial charge in [-0.2, -0.15) is 0 Å². The molecular formula is C18H25NO4. The number of ether oxygens (including phenoxy) is 1. The fourth-order valence-corrected chi connectivity index (χ4v) is 2.45. The molecule has 0 fully saturated rings. The first kappa shape index (κ1) is 17.5. The molecule has 0 atom stereocenters. The van der Waals surface area contributed by atoms with Crippen molar-refractivity contribution >= 4 is 16.9 Å². The molecule has 0 aliphatic rings. The number of rotatable bonds is 10. The van der Waals surface area contributed by atoms with Gasteiger partial charge in [-0.1, -0.05) is 31.5 Å². The van der Waals surface area contributed by atoms with Crippen LogP contribution in [0, 0.1) is 0 Å². The van der Waals surface area contributed by atoms with Crippen molar-refractivity contribution in [1.82, 2.24) is 5.32 Å². The molecule has 0 aliphatic heterocycles. The van der Waals surface area contributed by atoms with Crippen LogP contribution in [0.2, 0.25) is 0 Å². The van der Waals surface area contributed by atoms with E-state index in [2.05, 4.69) is 12.2 Å². The van der Waals surface area contributed by atoms with Crippen LogP contribution in [0.5, 0.6) is 0 Å². The van der Waals surface area contributed by atoms with E-state index in [1.807, 2.05) is 24.3 Å². The van der Waals surface area contributed by atoms with Crippen LogP contribution in [0.15, 0.2) is 28.7 Å². The van der Waals surface area contributed by atoms with Gasteiger partial charge in [-0.15, -0.1) is 0 Å². The van der Waals surface area contributed by atoms with E-state index in [1.165, 1.54) is 0 Å². The molecule has 5 nitrogen and oxygen atoms in total. The average Bonchev–Trinajstić information content (AvgIpc) is 2.94. The van der Waals surface area contributed by atoms with Crippen molar-refractivity contribution in [1.29, 1.82) is 0 Å². The van der Waals surface area contributed by atoms with Gasteiger partial charge < -0.3 is 19.6 Å². The summed E-state index contributed by atoms with van der Waals surface area (Å²) in [4.78, 5) is 12.5. The Labute approximate surface area is 136 Å². The van der Waals surface area contributed by atoms with E-state index in [1.54, 1.807) is 0 Å². The minimum absolute atomic E-state index is 0.119. The van der Waals surface area contributed by atoms with E-state index < -0.39 is 0 Å². The number of amides is 1. The zero-order valence-electron chi connectivity index (χ0n) is 13.6. The molecule has 0 spiro atoms. The zero-order valence-corrected chi connectivity index (χ0v) is 13.6. The Morgan fingerprint density at radius 2 is 2.09 bits per heavy atom. The molecule has 1 aromatic heterocycles. The number of para-hydroxylation sites is 1. The number of aliphatic hydroxyl groups excluding tert-OH is 1. The standard InChI is InChI=1S/C18H25NO4/c1-2-3-8-16-17(14-7-4-5-9-15(14)23-16)18(21)19-10-13-22-12-6-11-20/h4-5,7,9,20H,2-3,6,8,10-13H2,1H3,(H,19,21). The number of unbranched alkanes of at least 4 members (excludes halogenated alkanes) is 1. The van der Waals surface area contributed by atoms with Crippen LogP contribution in [0.3, 0.4) is 0 Å². The summed E-state index contributed by atoms with van der Waals surface area (Å²) in [7, 11) is 0. The highest BCUT2D eigenvalue weighted by Gasteiger charge is 2.19. The maximum atomic E-state index is 12.5. The van der Waals surface area contributed by atoms with Crippen LogP contribution >= 0.6 is 0 Å². The van der Waals surface area contributed by atoms with Crippen LogP contribution in [0.25, 0.3) is 11.0 Å². The highest BCUT2D eigenvalue weighted by molar-refractivity contribution is 6.07. The number of carbonyl (C=O) groups excluding carboxylic acids is 1. The van der Waals surface area contributed by atoms with Crippen LogP contribution in [0.4, 0.5) is 0 Å². The van der Waals surface area contributed by atoms with Crippen molar-refractivity contribution in [3.8, 4) is 0 Å². The normalized spacial score (nSPS) is 11.0. The first-order valence-corrected chi connectivity index (χ1v) is 8.25. The van der Waals surface area contributed by atoms with Crippen LogP contribution < -0.4 is 5.32 Å². The molecule has 1 aromatic carbocycles. The summed E-state index contributed by atoms with van der Waals surface area (Å²) in [5.41, 5.74) is 1.40. The van der Waals surface area contributed by atoms with Crippen LogP contribution in [-0.2, 0) is 11.2 Å². The number of aryl methyl sites for hydroxylation is 1. The van der Waals surface area contributed by atoms with Crippen LogP contribution in [-0.4, -0.2) is 37.4 Å². The number of carbonyl (C=O) groups is 1. The summed E-state index contributed by atoms with van der Waals surface area (Å²) in [6.07, 6.45) is 3.42. The predicted octanol–water partition coefficient (Wildman–Crippen LogP) is 2.90. The Balaban J connectivity index is 2.02. The molecule has 5 heteroatoms. The first-order valence-electron chi connectivity index (χ1n) is 8.25. The molecule has 2 N–H and O–H groups in total. The van der Waals surface area contributed by atoms with Gasteiger partial charge in [-0.05, 0) is 18.9 Å². The quantitative estimate of drug-likeness (QED) is 0.661. The molecule has 2 rings (SSSR count). The van der Waals surface area contributed by atoms with E-state index in [0.717, 1.165) is 36.0 Å². The van der Waals surface area contributed by atoms with E-state index in [0.29, 0.717) is 31.7 Å². The Bertz CT molecular complexity index is 621. The molecule has 0 radical (unpaired) electrons. The lowest BCUT2D eigenvalue weighted by atomic mass is 10.1. The van der Waals surface area contributed by atoms with Gasteiger partial charge in [0.1, 0.15) is 11.3 Å². The second-order valence-corrected chi connectivity index (χ2v) is 5.45. The van der Waals surface area contributed by atoms with Gasteiger partial charge in [0.2, 0.25) is 0 Å². The molecule has 0 bridgehead atoms. The minimum Gasteiger partial charge on any atom is -0.460 e. The molecule has 2 aromatic rings. The van der Waals surface area contributed by atoms with Gasteiger partial charge in [0.25, 0.3) is 5.91 Å². The Morgan fingerprint density at radius 1 is 1.26 bits per heavy atom. The van der Waals surface area contributed by atoms with E-state index >= 15 is 0 Å². The fourth-order valence-electron chi connectivity index (χ4n) is 2.45. The molecular weight excluding hydrogens is 294 g/mol. The molecule has 0 saturated carbocycles. The maximum Gasteiger partial charge on any atom is 0.255 e. The largest absolute Gasteiger partial charge is 0.460 e. The second kappa shape index (κ2) is 9.33. The molecule has 126 valence electrons. The lowest BCUT2D eigenvalue weighted by Crippen LogP contribution is -2.28. The van der Waals surface area contributed by atoms with Crippen molar-refractivity contribution in [2.45, 2.75) is 32.6 Å². The SMILES string of the molecule is CCCCc1oc2ccccc2c1C(=O)NCCOCCCO. The highest BCUT2D eigenvalue weighted by Crippen LogP contribution is 2.27. The van der Waals surface area contributed by atoms with E-state index in [9.17, 15) is 4.79 Å². The van der Waals surface area contributed by atoms with Crippen molar-refractivity contribution in [2.24, 2.45) is 0 Å². The summed E-state index contributed by atoms with van der Waals surface area (Å²) in [6, 6.07) is 7.63. The minimum atomic E-state index is -0.119. The van der Waals surface area contributed by atoms with Gasteiger partial charge in [-0.25, -0.2) is 0 Å². The third kappa shape index (κ3) is 4.81. The summed E-state index contributed by atoms with van der Waals surface area (Å²) >= 11 is 0. The van der Waals surface area contributed by atoms with Crippen molar-refractivity contribution in [3.05, 3.63) is 35.6 Å². The first-order chi connectivity index (χ1) is 11.3. The lowest BCUT2D eigenvalue weighted by molar-refractivity contribution is 0.0897. The van der Waals surface area contributed by atoms with Gasteiger partial charge in [0.05, 0.1) is 12.2 Å².